The van der Waals surface area contributed by atoms with Crippen LogP contribution in [-0.2, 0) is 23.0 Å². The molecule has 0 amide bonds. The molecule has 31 heavy (non-hydrogen) atoms. The van der Waals surface area contributed by atoms with Gasteiger partial charge in [-0.15, -0.1) is 0 Å². The van der Waals surface area contributed by atoms with Gasteiger partial charge in [0.2, 0.25) is 21.7 Å². The minimum Gasteiger partial charge on any atom is -0.338 e. The third kappa shape index (κ3) is 5.03. The first-order valence-electron chi connectivity index (χ1n) is 10.7. The molecular weight excluding hydrogens is 412 g/mol. The van der Waals surface area contributed by atoms with E-state index in [1.807, 2.05) is 43.3 Å². The Morgan fingerprint density at radius 2 is 1.65 bits per heavy atom. The highest BCUT2D eigenvalue weighted by Crippen LogP contribution is 2.20. The van der Waals surface area contributed by atoms with Crippen LogP contribution in [0.5, 0.6) is 0 Å². The van der Waals surface area contributed by atoms with Crippen LogP contribution in [0.15, 0.2) is 57.9 Å². The van der Waals surface area contributed by atoms with Gasteiger partial charge in [-0.05, 0) is 31.0 Å². The van der Waals surface area contributed by atoms with Crippen LogP contribution >= 0.6 is 0 Å². The molecule has 0 radical (unpaired) electrons. The largest absolute Gasteiger partial charge is 0.338 e. The fraction of sp³-hybridized carbons (Fsp3) is 0.391. The lowest BCUT2D eigenvalue weighted by molar-refractivity contribution is 0.163. The number of piperazine rings is 1. The number of hydrogen-bond acceptors (Lipinski definition) is 6. The van der Waals surface area contributed by atoms with Crippen LogP contribution in [0, 0.1) is 6.92 Å². The third-order valence-electron chi connectivity index (χ3n) is 5.57. The maximum absolute atomic E-state index is 13.0. The van der Waals surface area contributed by atoms with E-state index >= 15 is 0 Å². The standard InChI is InChI=1S/C23H28N4O3S/c1-3-4-19-7-11-21(12-8-19)31(28,29)27-15-13-26(14-16-27)17-22-24-23(25-30-22)20-9-5-18(2)6-10-20/h5-12H,3-4,13-17H2,1-2H3. The van der Waals surface area contributed by atoms with Gasteiger partial charge in [0, 0.05) is 31.7 Å². The highest BCUT2D eigenvalue weighted by molar-refractivity contribution is 7.89. The van der Waals surface area contributed by atoms with E-state index in [2.05, 4.69) is 22.0 Å². The zero-order chi connectivity index (χ0) is 21.8. The molecule has 0 unspecified atom stereocenters. The predicted octanol–water partition coefficient (Wildman–Crippen LogP) is 3.50. The topological polar surface area (TPSA) is 79.5 Å². The second kappa shape index (κ2) is 9.30. The van der Waals surface area contributed by atoms with Crippen molar-refractivity contribution in [2.75, 3.05) is 26.2 Å². The summed E-state index contributed by atoms with van der Waals surface area (Å²) < 4.78 is 32.9. The summed E-state index contributed by atoms with van der Waals surface area (Å²) in [4.78, 5) is 6.99. The zero-order valence-electron chi connectivity index (χ0n) is 18.0. The van der Waals surface area contributed by atoms with Crippen molar-refractivity contribution in [1.82, 2.24) is 19.3 Å². The molecule has 0 saturated carbocycles. The van der Waals surface area contributed by atoms with E-state index in [0.717, 1.165) is 24.0 Å². The molecule has 1 fully saturated rings. The van der Waals surface area contributed by atoms with Crippen LogP contribution in [0.2, 0.25) is 0 Å². The fourth-order valence-corrected chi connectivity index (χ4v) is 5.15. The smallest absolute Gasteiger partial charge is 0.243 e. The molecule has 164 valence electrons. The molecule has 0 bridgehead atoms. The van der Waals surface area contributed by atoms with Gasteiger partial charge < -0.3 is 4.52 Å². The number of aryl methyl sites for hydroxylation is 2. The van der Waals surface area contributed by atoms with Gasteiger partial charge in [0.05, 0.1) is 11.4 Å². The molecule has 1 aliphatic rings. The molecule has 2 heterocycles. The maximum Gasteiger partial charge on any atom is 0.243 e. The van der Waals surface area contributed by atoms with E-state index in [0.29, 0.717) is 49.3 Å². The van der Waals surface area contributed by atoms with E-state index in [4.69, 9.17) is 4.52 Å². The minimum atomic E-state index is -3.47. The Morgan fingerprint density at radius 1 is 0.968 bits per heavy atom. The lowest BCUT2D eigenvalue weighted by atomic mass is 10.1. The Hall–Kier alpha value is -2.55. The summed E-state index contributed by atoms with van der Waals surface area (Å²) in [5.74, 6) is 1.11. The lowest BCUT2D eigenvalue weighted by Crippen LogP contribution is -2.48. The van der Waals surface area contributed by atoms with Crippen molar-refractivity contribution in [3.63, 3.8) is 0 Å². The SMILES string of the molecule is CCCc1ccc(S(=O)(=O)N2CCN(Cc3nc(-c4ccc(C)cc4)no3)CC2)cc1. The zero-order valence-corrected chi connectivity index (χ0v) is 18.8. The van der Waals surface area contributed by atoms with Gasteiger partial charge in [0.1, 0.15) is 0 Å². The molecular formula is C23H28N4O3S. The molecule has 1 aliphatic heterocycles. The van der Waals surface area contributed by atoms with Crippen molar-refractivity contribution in [2.24, 2.45) is 0 Å². The van der Waals surface area contributed by atoms with Crippen LogP contribution in [0.3, 0.4) is 0 Å². The Balaban J connectivity index is 1.35. The first-order valence-corrected chi connectivity index (χ1v) is 12.1. The summed E-state index contributed by atoms with van der Waals surface area (Å²) in [6.45, 7) is 6.79. The van der Waals surface area contributed by atoms with Gasteiger partial charge in [0.25, 0.3) is 0 Å². The first-order chi connectivity index (χ1) is 15.0. The van der Waals surface area contributed by atoms with E-state index in [9.17, 15) is 8.42 Å². The van der Waals surface area contributed by atoms with Crippen LogP contribution in [0.4, 0.5) is 0 Å². The predicted molar refractivity (Wildman–Crippen MR) is 119 cm³/mol. The van der Waals surface area contributed by atoms with Crippen molar-refractivity contribution in [1.29, 1.82) is 0 Å². The number of rotatable bonds is 7. The van der Waals surface area contributed by atoms with E-state index in [1.165, 1.54) is 5.56 Å². The molecule has 0 atom stereocenters. The molecule has 3 aromatic rings. The molecule has 7 nitrogen and oxygen atoms in total. The summed E-state index contributed by atoms with van der Waals surface area (Å²) in [6.07, 6.45) is 2.00. The Kier molecular flexibility index (Phi) is 6.50. The third-order valence-corrected chi connectivity index (χ3v) is 7.48. The van der Waals surface area contributed by atoms with Gasteiger partial charge in [-0.25, -0.2) is 8.42 Å². The van der Waals surface area contributed by atoms with Crippen LogP contribution in [0.1, 0.15) is 30.4 Å². The van der Waals surface area contributed by atoms with Crippen molar-refractivity contribution in [3.8, 4) is 11.4 Å². The van der Waals surface area contributed by atoms with E-state index in [-0.39, 0.29) is 0 Å². The Morgan fingerprint density at radius 3 is 2.29 bits per heavy atom. The van der Waals surface area contributed by atoms with Crippen molar-refractivity contribution in [2.45, 2.75) is 38.1 Å². The van der Waals surface area contributed by atoms with E-state index < -0.39 is 10.0 Å². The molecule has 1 aromatic heterocycles. The Bertz CT molecular complexity index is 1100. The first kappa shape index (κ1) is 21.7. The molecule has 2 aromatic carbocycles. The molecule has 0 spiro atoms. The number of nitrogens with zero attached hydrogens (tertiary/aromatic N) is 4. The maximum atomic E-state index is 13.0. The summed E-state index contributed by atoms with van der Waals surface area (Å²) in [6, 6.07) is 15.2. The highest BCUT2D eigenvalue weighted by atomic mass is 32.2. The Labute approximate surface area is 183 Å². The number of benzene rings is 2. The average molecular weight is 441 g/mol. The fourth-order valence-electron chi connectivity index (χ4n) is 3.72. The molecule has 8 heteroatoms. The van der Waals surface area contributed by atoms with E-state index in [1.54, 1.807) is 16.4 Å². The summed E-state index contributed by atoms with van der Waals surface area (Å²) >= 11 is 0. The number of aromatic nitrogens is 2. The van der Waals surface area contributed by atoms with Crippen LogP contribution in [0.25, 0.3) is 11.4 Å². The molecule has 0 aliphatic carbocycles. The van der Waals surface area contributed by atoms with Gasteiger partial charge >= 0.3 is 0 Å². The molecule has 4 rings (SSSR count). The average Bonchev–Trinajstić information content (AvgIpc) is 3.24. The van der Waals surface area contributed by atoms with Crippen molar-refractivity contribution >= 4 is 10.0 Å². The van der Waals surface area contributed by atoms with Gasteiger partial charge in [0.15, 0.2) is 0 Å². The van der Waals surface area contributed by atoms with Crippen molar-refractivity contribution in [3.05, 3.63) is 65.5 Å². The lowest BCUT2D eigenvalue weighted by Gasteiger charge is -2.33. The number of hydrogen-bond donors (Lipinski definition) is 0. The van der Waals surface area contributed by atoms with Gasteiger partial charge in [-0.2, -0.15) is 9.29 Å². The summed E-state index contributed by atoms with van der Waals surface area (Å²) in [5, 5.41) is 4.08. The second-order valence-corrected chi connectivity index (χ2v) is 9.89. The van der Waals surface area contributed by atoms with Crippen LogP contribution < -0.4 is 0 Å². The van der Waals surface area contributed by atoms with Crippen molar-refractivity contribution < 1.29 is 12.9 Å². The number of sulfonamides is 1. The summed E-state index contributed by atoms with van der Waals surface area (Å²) in [5.41, 5.74) is 3.26. The monoisotopic (exact) mass is 440 g/mol. The molecule has 1 saturated heterocycles. The minimum absolute atomic E-state index is 0.362. The van der Waals surface area contributed by atoms with Gasteiger partial charge in [-0.3, -0.25) is 4.90 Å². The molecule has 0 N–H and O–H groups in total. The highest BCUT2D eigenvalue weighted by Gasteiger charge is 2.29. The quantitative estimate of drug-likeness (QED) is 0.559. The second-order valence-electron chi connectivity index (χ2n) is 7.95. The summed E-state index contributed by atoms with van der Waals surface area (Å²) in [7, 11) is -3.47. The normalized spacial score (nSPS) is 15.9. The van der Waals surface area contributed by atoms with Crippen LogP contribution in [-0.4, -0.2) is 53.9 Å². The van der Waals surface area contributed by atoms with Gasteiger partial charge in [-0.1, -0.05) is 60.5 Å².